The fraction of sp³-hybridized carbons (Fsp3) is 0.294. The van der Waals surface area contributed by atoms with Crippen LogP contribution in [0, 0.1) is 0 Å². The Hall–Kier alpha value is -1.96. The number of methoxy groups -OCH3 is 1. The Morgan fingerprint density at radius 3 is 2.48 bits per heavy atom. The fourth-order valence-corrected chi connectivity index (χ4v) is 2.38. The zero-order valence-electron chi connectivity index (χ0n) is 14.1. The number of nitrogens with two attached hydrogens (primary N) is 1. The molecule has 3 N–H and O–H groups in total. The van der Waals surface area contributed by atoms with E-state index in [0.29, 0.717) is 23.7 Å². The van der Waals surface area contributed by atoms with Gasteiger partial charge < -0.3 is 20.5 Å². The monoisotopic (exact) mass is 383 g/mol. The van der Waals surface area contributed by atoms with Crippen molar-refractivity contribution in [3.8, 4) is 17.4 Å². The van der Waals surface area contributed by atoms with Crippen molar-refractivity contribution in [1.29, 1.82) is 0 Å². The van der Waals surface area contributed by atoms with Crippen LogP contribution < -0.4 is 20.5 Å². The Balaban J connectivity index is 0.00000312. The minimum Gasteiger partial charge on any atom is -0.497 e. The maximum atomic E-state index is 11.9. The third kappa shape index (κ3) is 6.81. The molecule has 136 valence electrons. The van der Waals surface area contributed by atoms with Crippen LogP contribution in [-0.2, 0) is 4.79 Å². The second-order valence-corrected chi connectivity index (χ2v) is 6.03. The molecule has 1 aromatic carbocycles. The van der Waals surface area contributed by atoms with E-state index in [9.17, 15) is 4.79 Å². The molecule has 2 rings (SSSR count). The summed E-state index contributed by atoms with van der Waals surface area (Å²) < 4.78 is 10.7. The first-order valence-electron chi connectivity index (χ1n) is 7.45. The molecule has 0 aliphatic carbocycles. The highest BCUT2D eigenvalue weighted by Crippen LogP contribution is 2.23. The molecule has 6 nitrogen and oxygen atoms in total. The molecule has 0 unspecified atom stereocenters. The fourth-order valence-electron chi connectivity index (χ4n) is 1.89. The van der Waals surface area contributed by atoms with Gasteiger partial charge in [0.1, 0.15) is 11.5 Å². The van der Waals surface area contributed by atoms with Crippen molar-refractivity contribution in [3.63, 3.8) is 0 Å². The molecule has 1 atom stereocenters. The average molecular weight is 384 g/mol. The van der Waals surface area contributed by atoms with Crippen LogP contribution in [0.2, 0.25) is 0 Å². The number of amides is 1. The number of aromatic nitrogens is 1. The smallest absolute Gasteiger partial charge is 0.241 e. The molecular formula is C17H22ClN3O3S. The molecule has 0 bridgehead atoms. The lowest BCUT2D eigenvalue weighted by Crippen LogP contribution is -2.36. The number of nitrogens with one attached hydrogen (secondary N) is 1. The summed E-state index contributed by atoms with van der Waals surface area (Å²) in [4.78, 5) is 16.1. The quantitative estimate of drug-likeness (QED) is 0.727. The average Bonchev–Trinajstić information content (AvgIpc) is 2.62. The van der Waals surface area contributed by atoms with E-state index in [1.165, 1.54) is 6.20 Å². The summed E-state index contributed by atoms with van der Waals surface area (Å²) in [7, 11) is 1.61. The summed E-state index contributed by atoms with van der Waals surface area (Å²) in [6, 6.07) is 10.1. The van der Waals surface area contributed by atoms with Crippen molar-refractivity contribution in [2.24, 2.45) is 5.73 Å². The van der Waals surface area contributed by atoms with Crippen molar-refractivity contribution in [2.45, 2.75) is 12.5 Å². The van der Waals surface area contributed by atoms with E-state index in [2.05, 4.69) is 10.3 Å². The van der Waals surface area contributed by atoms with Gasteiger partial charge in [-0.25, -0.2) is 4.98 Å². The van der Waals surface area contributed by atoms with Crippen LogP contribution in [0.5, 0.6) is 17.4 Å². The number of hydrogen-bond donors (Lipinski definition) is 2. The standard InChI is InChI=1S/C17H21N3O3S.ClH/c1-22-13-4-6-14(7-5-13)23-16-8-3-12(11-19-16)20-17(21)15(18)9-10-24-2;/h3-8,11,15H,9-10,18H2,1-2H3,(H,20,21);1H/t15-;/m0./s1. The number of hydrogen-bond acceptors (Lipinski definition) is 6. The number of benzene rings is 1. The van der Waals surface area contributed by atoms with Gasteiger partial charge in [-0.05, 0) is 48.8 Å². The summed E-state index contributed by atoms with van der Waals surface area (Å²) in [5.41, 5.74) is 6.41. The van der Waals surface area contributed by atoms with Crippen molar-refractivity contribution in [1.82, 2.24) is 4.98 Å². The number of anilines is 1. The van der Waals surface area contributed by atoms with Crippen LogP contribution in [0.3, 0.4) is 0 Å². The molecule has 1 amide bonds. The van der Waals surface area contributed by atoms with Crippen molar-refractivity contribution in [2.75, 3.05) is 24.4 Å². The van der Waals surface area contributed by atoms with E-state index in [0.717, 1.165) is 11.5 Å². The first-order chi connectivity index (χ1) is 11.6. The van der Waals surface area contributed by atoms with E-state index in [1.54, 1.807) is 55.3 Å². The van der Waals surface area contributed by atoms with Gasteiger partial charge in [0.2, 0.25) is 11.8 Å². The van der Waals surface area contributed by atoms with E-state index in [4.69, 9.17) is 15.2 Å². The van der Waals surface area contributed by atoms with Crippen molar-refractivity contribution in [3.05, 3.63) is 42.6 Å². The molecule has 0 aliphatic heterocycles. The van der Waals surface area contributed by atoms with Gasteiger partial charge in [-0.2, -0.15) is 11.8 Å². The Morgan fingerprint density at radius 1 is 1.24 bits per heavy atom. The lowest BCUT2D eigenvalue weighted by atomic mass is 10.2. The summed E-state index contributed by atoms with van der Waals surface area (Å²) in [5.74, 6) is 2.48. The second kappa shape index (κ2) is 10.8. The van der Waals surface area contributed by atoms with Crippen molar-refractivity contribution < 1.29 is 14.3 Å². The highest BCUT2D eigenvalue weighted by atomic mass is 35.5. The van der Waals surface area contributed by atoms with E-state index in [1.807, 2.05) is 6.26 Å². The molecule has 0 saturated carbocycles. The summed E-state index contributed by atoms with van der Waals surface area (Å²) >= 11 is 1.66. The SMILES string of the molecule is COc1ccc(Oc2ccc(NC(=O)[C@@H](N)CCSC)cn2)cc1.Cl. The van der Waals surface area contributed by atoms with Gasteiger partial charge in [-0.3, -0.25) is 4.79 Å². The molecule has 1 heterocycles. The Labute approximate surface area is 157 Å². The number of ether oxygens (including phenoxy) is 2. The summed E-state index contributed by atoms with van der Waals surface area (Å²) in [5, 5.41) is 2.75. The molecule has 2 aromatic rings. The first-order valence-corrected chi connectivity index (χ1v) is 8.85. The maximum absolute atomic E-state index is 11.9. The molecule has 25 heavy (non-hydrogen) atoms. The third-order valence-electron chi connectivity index (χ3n) is 3.26. The second-order valence-electron chi connectivity index (χ2n) is 5.04. The van der Waals surface area contributed by atoms with E-state index >= 15 is 0 Å². The molecule has 0 radical (unpaired) electrons. The predicted molar refractivity (Wildman–Crippen MR) is 104 cm³/mol. The predicted octanol–water partition coefficient (Wildman–Crippen LogP) is 3.32. The molecule has 1 aromatic heterocycles. The van der Waals surface area contributed by atoms with Crippen LogP contribution >= 0.6 is 24.2 Å². The lowest BCUT2D eigenvalue weighted by molar-refractivity contribution is -0.117. The van der Waals surface area contributed by atoms with Crippen LogP contribution in [0.25, 0.3) is 0 Å². The van der Waals surface area contributed by atoms with Gasteiger partial charge in [-0.15, -0.1) is 12.4 Å². The topological polar surface area (TPSA) is 86.5 Å². The molecule has 0 fully saturated rings. The minimum atomic E-state index is -0.521. The number of thioether (sulfide) groups is 1. The zero-order chi connectivity index (χ0) is 17.4. The number of pyridine rings is 1. The van der Waals surface area contributed by atoms with Crippen LogP contribution in [0.4, 0.5) is 5.69 Å². The van der Waals surface area contributed by atoms with Gasteiger partial charge in [0.05, 0.1) is 25.0 Å². The number of carbonyl (C=O) groups is 1. The van der Waals surface area contributed by atoms with Gasteiger partial charge in [0.25, 0.3) is 0 Å². The van der Waals surface area contributed by atoms with Crippen LogP contribution in [0.15, 0.2) is 42.6 Å². The molecule has 0 spiro atoms. The highest BCUT2D eigenvalue weighted by molar-refractivity contribution is 7.98. The molecular weight excluding hydrogens is 362 g/mol. The lowest BCUT2D eigenvalue weighted by Gasteiger charge is -2.12. The summed E-state index contributed by atoms with van der Waals surface area (Å²) in [6.45, 7) is 0. The minimum absolute atomic E-state index is 0. The molecule has 8 heteroatoms. The van der Waals surface area contributed by atoms with Gasteiger partial charge in [0, 0.05) is 6.07 Å². The van der Waals surface area contributed by atoms with E-state index in [-0.39, 0.29) is 18.3 Å². The normalized spacial score (nSPS) is 11.2. The first kappa shape index (κ1) is 21.1. The molecule has 0 saturated heterocycles. The number of rotatable bonds is 8. The van der Waals surface area contributed by atoms with E-state index < -0.39 is 6.04 Å². The Kier molecular flexibility index (Phi) is 9.12. The number of nitrogens with zero attached hydrogens (tertiary/aromatic N) is 1. The van der Waals surface area contributed by atoms with Crippen LogP contribution in [-0.4, -0.2) is 36.1 Å². The number of carbonyl (C=O) groups excluding carboxylic acids is 1. The zero-order valence-corrected chi connectivity index (χ0v) is 15.7. The van der Waals surface area contributed by atoms with Crippen LogP contribution in [0.1, 0.15) is 6.42 Å². The maximum Gasteiger partial charge on any atom is 0.241 e. The largest absolute Gasteiger partial charge is 0.497 e. The molecule has 0 aliphatic rings. The number of halogens is 1. The van der Waals surface area contributed by atoms with Gasteiger partial charge >= 0.3 is 0 Å². The third-order valence-corrected chi connectivity index (χ3v) is 3.90. The Bertz CT molecular complexity index is 653. The summed E-state index contributed by atoms with van der Waals surface area (Å²) in [6.07, 6.45) is 4.16. The Morgan fingerprint density at radius 2 is 1.92 bits per heavy atom. The highest BCUT2D eigenvalue weighted by Gasteiger charge is 2.13. The van der Waals surface area contributed by atoms with Gasteiger partial charge in [0.15, 0.2) is 0 Å². The van der Waals surface area contributed by atoms with Crippen molar-refractivity contribution >= 4 is 35.8 Å². The van der Waals surface area contributed by atoms with Gasteiger partial charge in [-0.1, -0.05) is 0 Å².